The SMILES string of the molecule is CC(Cc1cccc2[nH]ccc12)Nc1c(Cl)cnc2ccc(-c3cnc(C(C)(C)O)nc3)cc12. The first-order chi connectivity index (χ1) is 16.3. The van der Waals surface area contributed by atoms with E-state index in [0.717, 1.165) is 39.7 Å². The third kappa shape index (κ3) is 4.34. The number of aromatic amines is 1. The second kappa shape index (κ2) is 8.70. The van der Waals surface area contributed by atoms with Crippen LogP contribution in [-0.4, -0.2) is 31.1 Å². The van der Waals surface area contributed by atoms with Crippen LogP contribution < -0.4 is 5.32 Å². The molecule has 5 aromatic rings. The van der Waals surface area contributed by atoms with Crippen LogP contribution in [0.5, 0.6) is 0 Å². The van der Waals surface area contributed by atoms with E-state index >= 15 is 0 Å². The highest BCUT2D eigenvalue weighted by molar-refractivity contribution is 6.34. The molecule has 172 valence electrons. The third-order valence-electron chi connectivity index (χ3n) is 5.96. The van der Waals surface area contributed by atoms with Gasteiger partial charge in [0.15, 0.2) is 5.82 Å². The van der Waals surface area contributed by atoms with Gasteiger partial charge in [0.1, 0.15) is 5.60 Å². The minimum Gasteiger partial charge on any atom is -0.382 e. The molecule has 3 aromatic heterocycles. The van der Waals surface area contributed by atoms with Crippen LogP contribution in [0.15, 0.2) is 67.3 Å². The zero-order valence-electron chi connectivity index (χ0n) is 19.3. The molecule has 0 aliphatic carbocycles. The molecule has 3 heterocycles. The van der Waals surface area contributed by atoms with Gasteiger partial charge in [-0.1, -0.05) is 29.8 Å². The summed E-state index contributed by atoms with van der Waals surface area (Å²) >= 11 is 6.61. The second-order valence-corrected chi connectivity index (χ2v) is 9.58. The van der Waals surface area contributed by atoms with E-state index in [-0.39, 0.29) is 6.04 Å². The van der Waals surface area contributed by atoms with E-state index in [1.54, 1.807) is 32.4 Å². The zero-order chi connectivity index (χ0) is 23.9. The molecule has 7 heteroatoms. The summed E-state index contributed by atoms with van der Waals surface area (Å²) < 4.78 is 0. The monoisotopic (exact) mass is 471 g/mol. The predicted octanol–water partition coefficient (Wildman–Crippen LogP) is 6.10. The van der Waals surface area contributed by atoms with E-state index in [1.807, 2.05) is 18.3 Å². The number of rotatable bonds is 6. The van der Waals surface area contributed by atoms with Gasteiger partial charge in [0, 0.05) is 52.7 Å². The normalized spacial score (nSPS) is 12.9. The van der Waals surface area contributed by atoms with E-state index in [1.165, 1.54) is 10.9 Å². The van der Waals surface area contributed by atoms with Crippen LogP contribution in [0.2, 0.25) is 5.02 Å². The average Bonchev–Trinajstić information content (AvgIpc) is 3.30. The van der Waals surface area contributed by atoms with E-state index in [9.17, 15) is 5.11 Å². The summed E-state index contributed by atoms with van der Waals surface area (Å²) in [5, 5.41) is 16.5. The molecule has 0 aliphatic rings. The van der Waals surface area contributed by atoms with Gasteiger partial charge in [-0.25, -0.2) is 9.97 Å². The largest absolute Gasteiger partial charge is 0.382 e. The van der Waals surface area contributed by atoms with Crippen molar-refractivity contribution in [1.82, 2.24) is 19.9 Å². The number of H-pyrrole nitrogens is 1. The van der Waals surface area contributed by atoms with E-state index < -0.39 is 5.60 Å². The summed E-state index contributed by atoms with van der Waals surface area (Å²) in [4.78, 5) is 16.5. The Morgan fingerprint density at radius 2 is 1.79 bits per heavy atom. The third-order valence-corrected chi connectivity index (χ3v) is 6.24. The number of nitrogens with zero attached hydrogens (tertiary/aromatic N) is 3. The van der Waals surface area contributed by atoms with Gasteiger partial charge in [0.05, 0.1) is 16.2 Å². The lowest BCUT2D eigenvalue weighted by Gasteiger charge is -2.19. The van der Waals surface area contributed by atoms with Gasteiger partial charge < -0.3 is 15.4 Å². The van der Waals surface area contributed by atoms with Crippen LogP contribution in [0, 0.1) is 0 Å². The minimum absolute atomic E-state index is 0.140. The van der Waals surface area contributed by atoms with Gasteiger partial charge in [-0.05, 0) is 62.6 Å². The molecular formula is C27H26ClN5O. The topological polar surface area (TPSA) is 86.7 Å². The molecule has 5 rings (SSSR count). The molecule has 0 saturated carbocycles. The molecule has 0 aliphatic heterocycles. The molecule has 0 amide bonds. The lowest BCUT2D eigenvalue weighted by atomic mass is 10.0. The maximum atomic E-state index is 10.1. The number of halogens is 1. The van der Waals surface area contributed by atoms with Gasteiger partial charge in [0.25, 0.3) is 0 Å². The van der Waals surface area contributed by atoms with Crippen molar-refractivity contribution < 1.29 is 5.11 Å². The van der Waals surface area contributed by atoms with Gasteiger partial charge in [0.2, 0.25) is 0 Å². The van der Waals surface area contributed by atoms with Crippen molar-refractivity contribution in [3.05, 3.63) is 83.7 Å². The van der Waals surface area contributed by atoms with Gasteiger partial charge in [-0.15, -0.1) is 0 Å². The molecule has 0 fully saturated rings. The summed E-state index contributed by atoms with van der Waals surface area (Å²) in [6.07, 6.45) is 7.96. The average molecular weight is 472 g/mol. The number of pyridine rings is 1. The first-order valence-corrected chi connectivity index (χ1v) is 11.6. The molecule has 0 spiro atoms. The van der Waals surface area contributed by atoms with E-state index in [0.29, 0.717) is 10.8 Å². The molecular weight excluding hydrogens is 446 g/mol. The number of anilines is 1. The molecule has 6 nitrogen and oxygen atoms in total. The van der Waals surface area contributed by atoms with Gasteiger partial charge >= 0.3 is 0 Å². The van der Waals surface area contributed by atoms with Crippen LogP contribution in [-0.2, 0) is 12.0 Å². The quantitative estimate of drug-likeness (QED) is 0.278. The maximum absolute atomic E-state index is 10.1. The Bertz CT molecular complexity index is 1470. The highest BCUT2D eigenvalue weighted by atomic mass is 35.5. The summed E-state index contributed by atoms with van der Waals surface area (Å²) in [7, 11) is 0. The zero-order valence-corrected chi connectivity index (χ0v) is 20.1. The van der Waals surface area contributed by atoms with Crippen LogP contribution in [0.4, 0.5) is 5.69 Å². The second-order valence-electron chi connectivity index (χ2n) is 9.17. The molecule has 3 N–H and O–H groups in total. The summed E-state index contributed by atoms with van der Waals surface area (Å²) in [6.45, 7) is 5.49. The first-order valence-electron chi connectivity index (χ1n) is 11.2. The Balaban J connectivity index is 1.47. The number of hydrogen-bond acceptors (Lipinski definition) is 5. The highest BCUT2D eigenvalue weighted by Crippen LogP contribution is 2.34. The van der Waals surface area contributed by atoms with E-state index in [2.05, 4.69) is 62.5 Å². The van der Waals surface area contributed by atoms with Gasteiger partial charge in [-0.2, -0.15) is 0 Å². The Morgan fingerprint density at radius 3 is 2.56 bits per heavy atom. The number of hydrogen-bond donors (Lipinski definition) is 3. The molecule has 34 heavy (non-hydrogen) atoms. The summed E-state index contributed by atoms with van der Waals surface area (Å²) in [5.41, 5.74) is 4.84. The minimum atomic E-state index is -1.09. The lowest BCUT2D eigenvalue weighted by Crippen LogP contribution is -2.19. The molecule has 2 aromatic carbocycles. The standard InChI is InChI=1S/C27H26ClN5O/c1-16(11-18-5-4-6-23-20(18)9-10-29-23)33-25-21-12-17(7-8-24(21)30-15-22(25)28)19-13-31-26(32-14-19)27(2,3)34/h4-10,12-16,29,34H,11H2,1-3H3,(H,30,33). The Kier molecular flexibility index (Phi) is 5.71. The smallest absolute Gasteiger partial charge is 0.159 e. The number of fused-ring (bicyclic) bond motifs is 2. The number of nitrogens with one attached hydrogen (secondary N) is 2. The fourth-order valence-electron chi connectivity index (χ4n) is 4.24. The summed E-state index contributed by atoms with van der Waals surface area (Å²) in [6, 6.07) is 14.6. The van der Waals surface area contributed by atoms with Gasteiger partial charge in [-0.3, -0.25) is 4.98 Å². The molecule has 0 bridgehead atoms. The van der Waals surface area contributed by atoms with Crippen molar-refractivity contribution in [2.24, 2.45) is 0 Å². The van der Waals surface area contributed by atoms with Crippen LogP contribution in [0.1, 0.15) is 32.2 Å². The highest BCUT2D eigenvalue weighted by Gasteiger charge is 2.19. The Morgan fingerprint density at radius 1 is 1.00 bits per heavy atom. The number of benzene rings is 2. The fourth-order valence-corrected chi connectivity index (χ4v) is 4.45. The van der Waals surface area contributed by atoms with Crippen molar-refractivity contribution in [2.75, 3.05) is 5.32 Å². The lowest BCUT2D eigenvalue weighted by molar-refractivity contribution is 0.0687. The van der Waals surface area contributed by atoms with Crippen LogP contribution in [0.25, 0.3) is 32.9 Å². The first kappa shape index (κ1) is 22.3. The molecule has 1 atom stereocenters. The summed E-state index contributed by atoms with van der Waals surface area (Å²) in [5.74, 6) is 0.385. The molecule has 0 saturated heterocycles. The fraction of sp³-hybridized carbons (Fsp3) is 0.222. The Labute approximate surface area is 203 Å². The van der Waals surface area contributed by atoms with Crippen molar-refractivity contribution >= 4 is 39.1 Å². The van der Waals surface area contributed by atoms with E-state index in [4.69, 9.17) is 11.6 Å². The molecule has 1 unspecified atom stereocenters. The van der Waals surface area contributed by atoms with Crippen LogP contribution >= 0.6 is 11.6 Å². The van der Waals surface area contributed by atoms with Crippen LogP contribution in [0.3, 0.4) is 0 Å². The van der Waals surface area contributed by atoms with Crippen molar-refractivity contribution in [3.63, 3.8) is 0 Å². The van der Waals surface area contributed by atoms with Crippen molar-refractivity contribution in [1.29, 1.82) is 0 Å². The number of aliphatic hydroxyl groups is 1. The number of aromatic nitrogens is 4. The predicted molar refractivity (Wildman–Crippen MR) is 138 cm³/mol. The maximum Gasteiger partial charge on any atom is 0.159 e. The molecule has 0 radical (unpaired) electrons. The van der Waals surface area contributed by atoms with Crippen molar-refractivity contribution in [3.8, 4) is 11.1 Å². The Hall–Kier alpha value is -3.48. The van der Waals surface area contributed by atoms with Crippen molar-refractivity contribution in [2.45, 2.75) is 38.8 Å².